The summed E-state index contributed by atoms with van der Waals surface area (Å²) in [6.45, 7) is 0. The molecule has 1 heterocycles. The summed E-state index contributed by atoms with van der Waals surface area (Å²) in [5.41, 5.74) is 6.24. The molecular weight excluding hydrogens is 292 g/mol. The first-order valence-electron chi connectivity index (χ1n) is 6.05. The zero-order chi connectivity index (χ0) is 15.9. The van der Waals surface area contributed by atoms with Crippen molar-refractivity contribution in [2.45, 2.75) is 0 Å². The standard InChI is InChI=1S/C13H8N4O5/c14-10-2-1-3-11-12(10)15-13(22-11)7-4-8(16(18)19)6-9(5-7)17(20)21/h1-6H,14H2. The number of nitro benzene ring substituents is 2. The SMILES string of the molecule is Nc1cccc2oc(-c3cc([N+](=O)[O-])cc([N+](=O)[O-])c3)nc12. The second kappa shape index (κ2) is 4.81. The van der Waals surface area contributed by atoms with E-state index in [-0.39, 0.29) is 11.5 Å². The lowest BCUT2D eigenvalue weighted by atomic mass is 10.1. The summed E-state index contributed by atoms with van der Waals surface area (Å²) >= 11 is 0. The molecule has 22 heavy (non-hydrogen) atoms. The minimum absolute atomic E-state index is 0.0275. The fourth-order valence-corrected chi connectivity index (χ4v) is 2.02. The van der Waals surface area contributed by atoms with E-state index < -0.39 is 21.2 Å². The highest BCUT2D eigenvalue weighted by atomic mass is 16.6. The molecule has 0 atom stereocenters. The number of aromatic nitrogens is 1. The number of non-ortho nitro benzene ring substituents is 2. The first-order valence-corrected chi connectivity index (χ1v) is 6.05. The number of nitrogens with zero attached hydrogens (tertiary/aromatic N) is 3. The number of oxazole rings is 1. The van der Waals surface area contributed by atoms with Crippen molar-refractivity contribution in [3.8, 4) is 11.5 Å². The van der Waals surface area contributed by atoms with E-state index in [1.807, 2.05) is 0 Å². The Morgan fingerprint density at radius 2 is 1.68 bits per heavy atom. The highest BCUT2D eigenvalue weighted by Crippen LogP contribution is 2.32. The van der Waals surface area contributed by atoms with Crippen LogP contribution in [0.1, 0.15) is 0 Å². The molecule has 0 aliphatic rings. The number of benzene rings is 2. The van der Waals surface area contributed by atoms with Gasteiger partial charge in [0, 0.05) is 12.1 Å². The molecule has 0 amide bonds. The van der Waals surface area contributed by atoms with Gasteiger partial charge in [0.15, 0.2) is 5.58 Å². The van der Waals surface area contributed by atoms with Gasteiger partial charge in [0.2, 0.25) is 5.89 Å². The Kier molecular flexibility index (Phi) is 2.95. The molecule has 2 N–H and O–H groups in total. The molecule has 1 aromatic heterocycles. The summed E-state index contributed by atoms with van der Waals surface area (Å²) in [5.74, 6) is 0.0275. The van der Waals surface area contributed by atoms with Crippen molar-refractivity contribution in [2.75, 3.05) is 5.73 Å². The van der Waals surface area contributed by atoms with Gasteiger partial charge in [-0.1, -0.05) is 6.07 Å². The number of hydrogen-bond acceptors (Lipinski definition) is 7. The van der Waals surface area contributed by atoms with Crippen molar-refractivity contribution >= 4 is 28.2 Å². The van der Waals surface area contributed by atoms with Gasteiger partial charge in [-0.05, 0) is 12.1 Å². The van der Waals surface area contributed by atoms with Gasteiger partial charge in [0.25, 0.3) is 11.4 Å². The van der Waals surface area contributed by atoms with Crippen LogP contribution in [0.3, 0.4) is 0 Å². The molecule has 3 aromatic rings. The van der Waals surface area contributed by atoms with E-state index in [1.54, 1.807) is 18.2 Å². The van der Waals surface area contributed by atoms with Crippen molar-refractivity contribution in [1.82, 2.24) is 4.98 Å². The van der Waals surface area contributed by atoms with Crippen LogP contribution in [0.25, 0.3) is 22.6 Å². The monoisotopic (exact) mass is 300 g/mol. The van der Waals surface area contributed by atoms with Gasteiger partial charge in [0.1, 0.15) is 5.52 Å². The van der Waals surface area contributed by atoms with E-state index in [0.717, 1.165) is 18.2 Å². The topological polar surface area (TPSA) is 138 Å². The van der Waals surface area contributed by atoms with Gasteiger partial charge < -0.3 is 10.2 Å². The first-order chi connectivity index (χ1) is 10.5. The number of fused-ring (bicyclic) bond motifs is 1. The van der Waals surface area contributed by atoms with Crippen LogP contribution >= 0.6 is 0 Å². The average Bonchev–Trinajstić information content (AvgIpc) is 2.92. The fourth-order valence-electron chi connectivity index (χ4n) is 2.02. The molecule has 3 rings (SSSR count). The maximum atomic E-state index is 10.9. The molecule has 0 saturated heterocycles. The molecule has 0 bridgehead atoms. The number of para-hydroxylation sites is 1. The van der Waals surface area contributed by atoms with E-state index in [0.29, 0.717) is 16.8 Å². The largest absolute Gasteiger partial charge is 0.436 e. The zero-order valence-electron chi connectivity index (χ0n) is 10.9. The summed E-state index contributed by atoms with van der Waals surface area (Å²) < 4.78 is 5.47. The Labute approximate surface area is 122 Å². The van der Waals surface area contributed by atoms with Crippen molar-refractivity contribution in [1.29, 1.82) is 0 Å². The number of rotatable bonds is 3. The van der Waals surface area contributed by atoms with E-state index in [9.17, 15) is 20.2 Å². The minimum Gasteiger partial charge on any atom is -0.436 e. The van der Waals surface area contributed by atoms with Crippen LogP contribution in [0.5, 0.6) is 0 Å². The summed E-state index contributed by atoms with van der Waals surface area (Å²) in [4.78, 5) is 24.5. The summed E-state index contributed by atoms with van der Waals surface area (Å²) in [7, 11) is 0. The third kappa shape index (κ3) is 2.20. The van der Waals surface area contributed by atoms with Crippen LogP contribution in [0.15, 0.2) is 40.8 Å². The third-order valence-electron chi connectivity index (χ3n) is 3.02. The zero-order valence-corrected chi connectivity index (χ0v) is 10.9. The van der Waals surface area contributed by atoms with E-state index in [4.69, 9.17) is 10.2 Å². The van der Waals surface area contributed by atoms with Crippen LogP contribution in [-0.4, -0.2) is 14.8 Å². The predicted octanol–water partition coefficient (Wildman–Crippen LogP) is 2.89. The van der Waals surface area contributed by atoms with Crippen LogP contribution in [0.2, 0.25) is 0 Å². The fraction of sp³-hybridized carbons (Fsp3) is 0. The Morgan fingerprint density at radius 1 is 1.05 bits per heavy atom. The van der Waals surface area contributed by atoms with Crippen LogP contribution < -0.4 is 5.73 Å². The number of nitro groups is 2. The molecular formula is C13H8N4O5. The van der Waals surface area contributed by atoms with Crippen molar-refractivity contribution < 1.29 is 14.3 Å². The molecule has 2 aromatic carbocycles. The maximum absolute atomic E-state index is 10.9. The highest BCUT2D eigenvalue weighted by Gasteiger charge is 2.20. The predicted molar refractivity (Wildman–Crippen MR) is 77.2 cm³/mol. The van der Waals surface area contributed by atoms with Crippen molar-refractivity contribution in [3.63, 3.8) is 0 Å². The smallest absolute Gasteiger partial charge is 0.277 e. The van der Waals surface area contributed by atoms with Gasteiger partial charge in [-0.25, -0.2) is 4.98 Å². The number of nitrogens with two attached hydrogens (primary N) is 1. The van der Waals surface area contributed by atoms with E-state index in [1.165, 1.54) is 0 Å². The Balaban J connectivity index is 2.22. The summed E-state index contributed by atoms with van der Waals surface area (Å²) in [6, 6.07) is 8.13. The Hall–Kier alpha value is -3.49. The van der Waals surface area contributed by atoms with Crippen molar-refractivity contribution in [3.05, 3.63) is 56.6 Å². The molecule has 0 saturated carbocycles. The molecule has 0 aliphatic carbocycles. The minimum atomic E-state index is -0.715. The molecule has 9 heteroatoms. The third-order valence-corrected chi connectivity index (χ3v) is 3.02. The first kappa shape index (κ1) is 13.5. The summed E-state index contributed by atoms with van der Waals surface area (Å²) in [5, 5.41) is 21.8. The molecule has 0 aliphatic heterocycles. The number of anilines is 1. The molecule has 0 spiro atoms. The normalized spacial score (nSPS) is 10.7. The Morgan fingerprint density at radius 3 is 2.23 bits per heavy atom. The summed E-state index contributed by atoms with van der Waals surface area (Å²) in [6.07, 6.45) is 0. The average molecular weight is 300 g/mol. The molecule has 0 radical (unpaired) electrons. The second-order valence-electron chi connectivity index (χ2n) is 4.47. The maximum Gasteiger partial charge on any atom is 0.277 e. The van der Waals surface area contributed by atoms with E-state index in [2.05, 4.69) is 4.98 Å². The molecule has 0 fully saturated rings. The molecule has 0 unspecified atom stereocenters. The van der Waals surface area contributed by atoms with Crippen LogP contribution in [-0.2, 0) is 0 Å². The van der Waals surface area contributed by atoms with Gasteiger partial charge in [0.05, 0.1) is 27.2 Å². The lowest BCUT2D eigenvalue weighted by molar-refractivity contribution is -0.394. The van der Waals surface area contributed by atoms with Gasteiger partial charge in [-0.15, -0.1) is 0 Å². The molecule has 9 nitrogen and oxygen atoms in total. The van der Waals surface area contributed by atoms with Gasteiger partial charge in [-0.2, -0.15) is 0 Å². The quantitative estimate of drug-likeness (QED) is 0.445. The second-order valence-corrected chi connectivity index (χ2v) is 4.47. The lowest BCUT2D eigenvalue weighted by Crippen LogP contribution is -1.94. The van der Waals surface area contributed by atoms with E-state index >= 15 is 0 Å². The van der Waals surface area contributed by atoms with Gasteiger partial charge in [-0.3, -0.25) is 20.2 Å². The molecule has 110 valence electrons. The van der Waals surface area contributed by atoms with Gasteiger partial charge >= 0.3 is 0 Å². The number of nitrogen functional groups attached to an aromatic ring is 1. The highest BCUT2D eigenvalue weighted by molar-refractivity contribution is 5.87. The lowest BCUT2D eigenvalue weighted by Gasteiger charge is -1.97. The Bertz CT molecular complexity index is 886. The van der Waals surface area contributed by atoms with Crippen LogP contribution in [0.4, 0.5) is 17.1 Å². The van der Waals surface area contributed by atoms with Crippen molar-refractivity contribution in [2.24, 2.45) is 0 Å². The van der Waals surface area contributed by atoms with Crippen LogP contribution in [0, 0.1) is 20.2 Å². The number of hydrogen-bond donors (Lipinski definition) is 1.